The highest BCUT2D eigenvalue weighted by Crippen LogP contribution is 2.37. The minimum Gasteiger partial charge on any atom is -0.494 e. The fraction of sp³-hybridized carbons (Fsp3) is 0.375. The van der Waals surface area contributed by atoms with Gasteiger partial charge in [-0.05, 0) is 48.7 Å². The standard InChI is InChI=1S/C24H28N2O6S/c1-4-11-29-18-7-5-17(6-8-18)22-26-24(23(32-22)25-15-16(2)3)33(27,28)19-9-10-20-21(14-19)31-13-12-30-20/h5-10,14,16,25H,4,11-13,15H2,1-3H3. The van der Waals surface area contributed by atoms with Gasteiger partial charge >= 0.3 is 0 Å². The Morgan fingerprint density at radius 1 is 1.06 bits per heavy atom. The lowest BCUT2D eigenvalue weighted by Crippen LogP contribution is -2.16. The van der Waals surface area contributed by atoms with Crippen molar-refractivity contribution < 1.29 is 27.0 Å². The van der Waals surface area contributed by atoms with Gasteiger partial charge in [-0.15, -0.1) is 0 Å². The van der Waals surface area contributed by atoms with Crippen LogP contribution in [-0.2, 0) is 9.84 Å². The SMILES string of the molecule is CCCOc1ccc(-c2nc(S(=O)(=O)c3ccc4c(c3)OCCO4)c(NCC(C)C)o2)cc1. The molecule has 1 aromatic heterocycles. The zero-order valence-corrected chi connectivity index (χ0v) is 19.8. The predicted octanol–water partition coefficient (Wildman–Crippen LogP) is 4.80. The Labute approximate surface area is 193 Å². The predicted molar refractivity (Wildman–Crippen MR) is 124 cm³/mol. The molecule has 0 amide bonds. The number of nitrogens with one attached hydrogen (secondary N) is 1. The van der Waals surface area contributed by atoms with Crippen molar-refractivity contribution in [3.63, 3.8) is 0 Å². The summed E-state index contributed by atoms with van der Waals surface area (Å²) in [5.41, 5.74) is 0.648. The van der Waals surface area contributed by atoms with Crippen LogP contribution in [0.3, 0.4) is 0 Å². The molecule has 1 aliphatic rings. The second kappa shape index (κ2) is 9.74. The summed E-state index contributed by atoms with van der Waals surface area (Å²) < 4.78 is 49.6. The molecule has 0 radical (unpaired) electrons. The number of fused-ring (bicyclic) bond motifs is 1. The first-order valence-corrected chi connectivity index (χ1v) is 12.5. The molecule has 176 valence electrons. The average molecular weight is 473 g/mol. The molecule has 0 saturated carbocycles. The van der Waals surface area contributed by atoms with Crippen molar-refractivity contribution in [1.29, 1.82) is 0 Å². The fourth-order valence-corrected chi connectivity index (χ4v) is 4.53. The van der Waals surface area contributed by atoms with Gasteiger partial charge in [0.05, 0.1) is 11.5 Å². The summed E-state index contributed by atoms with van der Waals surface area (Å²) >= 11 is 0. The molecule has 3 aromatic rings. The van der Waals surface area contributed by atoms with E-state index in [4.69, 9.17) is 18.6 Å². The van der Waals surface area contributed by atoms with Crippen molar-refractivity contribution >= 4 is 15.7 Å². The number of rotatable bonds is 9. The minimum atomic E-state index is -3.99. The molecule has 1 N–H and O–H groups in total. The van der Waals surface area contributed by atoms with Crippen molar-refractivity contribution in [3.8, 4) is 28.7 Å². The zero-order chi connectivity index (χ0) is 23.4. The van der Waals surface area contributed by atoms with Gasteiger partial charge in [0.1, 0.15) is 19.0 Å². The van der Waals surface area contributed by atoms with E-state index in [0.717, 1.165) is 12.2 Å². The molecule has 2 aromatic carbocycles. The molecule has 2 heterocycles. The van der Waals surface area contributed by atoms with Gasteiger partial charge in [-0.1, -0.05) is 20.8 Å². The lowest BCUT2D eigenvalue weighted by atomic mass is 10.2. The maximum atomic E-state index is 13.5. The summed E-state index contributed by atoms with van der Waals surface area (Å²) in [6.45, 7) is 8.03. The Morgan fingerprint density at radius 3 is 2.48 bits per heavy atom. The summed E-state index contributed by atoms with van der Waals surface area (Å²) in [7, 11) is -3.99. The number of oxazole rings is 1. The summed E-state index contributed by atoms with van der Waals surface area (Å²) in [6, 6.07) is 11.8. The smallest absolute Gasteiger partial charge is 0.233 e. The minimum absolute atomic E-state index is 0.0579. The molecular weight excluding hydrogens is 444 g/mol. The zero-order valence-electron chi connectivity index (χ0n) is 19.0. The van der Waals surface area contributed by atoms with Crippen LogP contribution in [-0.4, -0.2) is 39.8 Å². The van der Waals surface area contributed by atoms with Crippen LogP contribution in [0, 0.1) is 5.92 Å². The number of sulfone groups is 1. The van der Waals surface area contributed by atoms with Gasteiger partial charge in [0.25, 0.3) is 0 Å². The summed E-state index contributed by atoms with van der Waals surface area (Å²) in [5.74, 6) is 2.24. The van der Waals surface area contributed by atoms with E-state index < -0.39 is 9.84 Å². The maximum absolute atomic E-state index is 13.5. The van der Waals surface area contributed by atoms with Crippen molar-refractivity contribution in [2.45, 2.75) is 37.1 Å². The Balaban J connectivity index is 1.71. The topological polar surface area (TPSA) is 99.9 Å². The Morgan fingerprint density at radius 2 is 1.79 bits per heavy atom. The van der Waals surface area contributed by atoms with Crippen molar-refractivity contribution in [3.05, 3.63) is 42.5 Å². The first kappa shape index (κ1) is 23.0. The number of aromatic nitrogens is 1. The molecule has 33 heavy (non-hydrogen) atoms. The number of ether oxygens (including phenoxy) is 3. The van der Waals surface area contributed by atoms with E-state index in [0.29, 0.717) is 43.4 Å². The second-order valence-electron chi connectivity index (χ2n) is 8.11. The largest absolute Gasteiger partial charge is 0.494 e. The molecule has 0 spiro atoms. The Hall–Kier alpha value is -3.20. The monoisotopic (exact) mass is 472 g/mol. The molecule has 0 saturated heterocycles. The first-order chi connectivity index (χ1) is 15.9. The van der Waals surface area contributed by atoms with Crippen molar-refractivity contribution in [2.75, 3.05) is 31.7 Å². The van der Waals surface area contributed by atoms with Crippen LogP contribution < -0.4 is 19.5 Å². The molecule has 0 atom stereocenters. The molecule has 9 heteroatoms. The van der Waals surface area contributed by atoms with Crippen molar-refractivity contribution in [2.24, 2.45) is 5.92 Å². The van der Waals surface area contributed by atoms with Crippen LogP contribution in [0.1, 0.15) is 27.2 Å². The highest BCUT2D eigenvalue weighted by atomic mass is 32.2. The quantitative estimate of drug-likeness (QED) is 0.474. The van der Waals surface area contributed by atoms with Crippen molar-refractivity contribution in [1.82, 2.24) is 4.98 Å². The number of hydrogen-bond acceptors (Lipinski definition) is 8. The summed E-state index contributed by atoms with van der Waals surface area (Å²) in [4.78, 5) is 4.44. The van der Waals surface area contributed by atoms with E-state index in [9.17, 15) is 8.42 Å². The number of hydrogen-bond donors (Lipinski definition) is 1. The van der Waals surface area contributed by atoms with E-state index >= 15 is 0 Å². The van der Waals surface area contributed by atoms with Crippen LogP contribution in [0.15, 0.2) is 56.8 Å². The number of benzene rings is 2. The molecule has 0 fully saturated rings. The maximum Gasteiger partial charge on any atom is 0.233 e. The van der Waals surface area contributed by atoms with E-state index in [1.54, 1.807) is 18.2 Å². The van der Waals surface area contributed by atoms with Gasteiger partial charge in [-0.3, -0.25) is 0 Å². The van der Waals surface area contributed by atoms with Crippen LogP contribution >= 0.6 is 0 Å². The molecule has 0 bridgehead atoms. The Kier molecular flexibility index (Phi) is 6.78. The summed E-state index contributed by atoms with van der Waals surface area (Å²) in [5, 5.41) is 2.93. The molecule has 8 nitrogen and oxygen atoms in total. The normalized spacial score (nSPS) is 13.2. The molecule has 1 aliphatic heterocycles. The first-order valence-electron chi connectivity index (χ1n) is 11.0. The molecular formula is C24H28N2O6S. The van der Waals surface area contributed by atoms with Gasteiger partial charge in [-0.25, -0.2) is 8.42 Å². The molecule has 0 aliphatic carbocycles. The molecule has 4 rings (SSSR count). The molecule has 0 unspecified atom stereocenters. The van der Waals surface area contributed by atoms with E-state index in [-0.39, 0.29) is 27.6 Å². The van der Waals surface area contributed by atoms with Gasteiger partial charge in [-0.2, -0.15) is 4.98 Å². The van der Waals surface area contributed by atoms with Gasteiger partial charge in [0, 0.05) is 18.2 Å². The summed E-state index contributed by atoms with van der Waals surface area (Å²) in [6.07, 6.45) is 0.910. The third kappa shape index (κ3) is 5.08. The van der Waals surface area contributed by atoms with Gasteiger partial charge in [0.15, 0.2) is 11.5 Å². The second-order valence-corrected chi connectivity index (χ2v) is 9.97. The van der Waals surface area contributed by atoms with E-state index in [1.807, 2.05) is 32.9 Å². The lowest BCUT2D eigenvalue weighted by Gasteiger charge is -2.18. The van der Waals surface area contributed by atoms with Crippen LogP contribution in [0.2, 0.25) is 0 Å². The average Bonchev–Trinajstić information content (AvgIpc) is 3.26. The Bertz CT molecular complexity index is 1200. The van der Waals surface area contributed by atoms with Gasteiger partial charge < -0.3 is 23.9 Å². The number of anilines is 1. The van der Waals surface area contributed by atoms with Crippen LogP contribution in [0.4, 0.5) is 5.88 Å². The van der Waals surface area contributed by atoms with Crippen LogP contribution in [0.5, 0.6) is 17.2 Å². The van der Waals surface area contributed by atoms with Gasteiger partial charge in [0.2, 0.25) is 26.6 Å². The third-order valence-corrected chi connectivity index (χ3v) is 6.58. The van der Waals surface area contributed by atoms with E-state index in [1.165, 1.54) is 12.1 Å². The third-order valence-electron chi connectivity index (χ3n) is 4.92. The highest BCUT2D eigenvalue weighted by molar-refractivity contribution is 7.91. The highest BCUT2D eigenvalue weighted by Gasteiger charge is 2.30. The lowest BCUT2D eigenvalue weighted by molar-refractivity contribution is 0.171. The van der Waals surface area contributed by atoms with Crippen LogP contribution in [0.25, 0.3) is 11.5 Å². The van der Waals surface area contributed by atoms with E-state index in [2.05, 4.69) is 10.3 Å². The number of nitrogens with zero attached hydrogens (tertiary/aromatic N) is 1. The fourth-order valence-electron chi connectivity index (χ4n) is 3.24.